The normalized spacial score (nSPS) is 24.9. The van der Waals surface area contributed by atoms with Crippen LogP contribution in [-0.2, 0) is 110 Å². The van der Waals surface area contributed by atoms with Crippen molar-refractivity contribution in [2.75, 3.05) is 72.5 Å². The minimum Gasteiger partial charge on any atom is -0.497 e. The molecule has 724 valence electrons. The second-order valence-corrected chi connectivity index (χ2v) is 34.2. The SMILES string of the molecule is CCCC[C@H]1C(=O)N(C)[C@@H](CCCC)C(=O)N[C@@H](CCC(=O)O)C(=O)N[C@H](C(=O)NCC(N)=O)CSCC(=O)N[C@@H](Cc2ccc(OC)cc2)C(=O)N(C)[C@@H](C)C(=O)N[C@@H](CC(=O)O)C(=O)N2CCC[C@H]2C(=O)N[C@@H](CN)C(=O)N[C@@H](CCC(=O)O)C(=O)N2C[C@H](O)C[C@H]2C(=O)N[C@@H](Cc2c[nH]c3ccccc23)C(=O)N[C@@H](CCN)C(=O)N[C@@H](Cc2c[nH]c3ccccc23)C(=O)N1C. The van der Waals surface area contributed by atoms with E-state index in [2.05, 4.69) is 63.1 Å². The molecule has 8 rings (SSSR count). The van der Waals surface area contributed by atoms with Crippen LogP contribution in [0, 0.1) is 0 Å². The number of carbonyl (C=O) groups excluding carboxylic acids is 16. The van der Waals surface area contributed by atoms with Crippen LogP contribution in [-0.4, -0.2) is 330 Å². The van der Waals surface area contributed by atoms with Gasteiger partial charge in [-0.3, -0.25) is 91.1 Å². The number of ether oxygens (including phenoxy) is 1. The third-order valence-electron chi connectivity index (χ3n) is 23.6. The molecule has 15 atom stereocenters. The van der Waals surface area contributed by atoms with Crippen LogP contribution in [0.1, 0.15) is 134 Å². The predicted molar refractivity (Wildman–Crippen MR) is 482 cm³/mol. The van der Waals surface area contributed by atoms with Crippen molar-refractivity contribution in [2.45, 2.75) is 227 Å². The van der Waals surface area contributed by atoms with Gasteiger partial charge in [0.25, 0.3) is 0 Å². The average Bonchev–Trinajstić information content (AvgIpc) is 1.68. The Hall–Kier alpha value is -13.3. The van der Waals surface area contributed by atoms with Gasteiger partial charge in [0.05, 0.1) is 31.9 Å². The first-order chi connectivity index (χ1) is 63.3. The molecule has 3 fully saturated rings. The van der Waals surface area contributed by atoms with Gasteiger partial charge in [-0.05, 0) is 99.4 Å². The number of aliphatic carboxylic acids is 3. The van der Waals surface area contributed by atoms with E-state index < -0.39 is 273 Å². The lowest BCUT2D eigenvalue weighted by Crippen LogP contribution is -2.61. The number of carbonyl (C=O) groups is 19. The topological polar surface area (TPSA) is 661 Å². The predicted octanol–water partition coefficient (Wildman–Crippen LogP) is -3.26. The summed E-state index contributed by atoms with van der Waals surface area (Å²) in [6.07, 6.45) is -2.51. The number of aliphatic hydroxyl groups excluding tert-OH is 1. The Bertz CT molecular complexity index is 5030. The standard InChI is InChI=1S/C88H122N20O24S/c1-8-10-21-66-81(124)97-57(28-30-72(112)113)77(120)103-65(76(119)94-43-70(91)110)45-133-46-71(111)95-61(35-48-24-26-52(132-7)27-25-48)84(127)104(4)47(3)75(118)100-63(39-74(116)117)87(130)107-34-16-23-67(107)82(125)102-64(40-90)80(123)98-59(29-31-73(114)115)86(129)108-44-51(109)38-69(108)83(126)99-60(36-49-41-92-55-19-14-12-17-53(49)55)79(122)96-58(32-33-89)78(121)101-62(37-50-42-93-56-20-15-13-18-54(50)56)85(128)106(6)68(22-11-9-2)88(131)105(66)5/h12-15,17-20,24-27,41-42,47,51,57-69,92-93,109H,8-11,16,21-23,28-40,43-46,89-90H2,1-7H3,(H2,91,110)(H,94,119)(H,95,111)(H,96,122)(H,97,124)(H,98,123)(H,99,126)(H,100,118)(H,101,121)(H,102,125)(H,103,120)(H,112,113)(H,114,115)(H,116,117)/t47-,51+,57-,58-,59-,60-,61-,62-,63-,64-,65-,66-,67-,68-,69-/m0/s1. The molecule has 0 saturated carbocycles. The molecule has 44 nitrogen and oxygen atoms in total. The number of likely N-dealkylation sites (N-methyl/N-ethyl adjacent to an activating group) is 3. The number of nitrogens with two attached hydrogens (primary N) is 3. The number of primary amides is 1. The van der Waals surface area contributed by atoms with Gasteiger partial charge in [0, 0.05) is 119 Å². The minimum atomic E-state index is -1.94. The first-order valence-corrected chi connectivity index (χ1v) is 45.2. The van der Waals surface area contributed by atoms with Crippen molar-refractivity contribution in [1.82, 2.24) is 87.6 Å². The number of methoxy groups -OCH3 is 1. The number of hydrogen-bond donors (Lipinski definition) is 19. The van der Waals surface area contributed by atoms with Crippen LogP contribution in [0.25, 0.3) is 21.8 Å². The summed E-state index contributed by atoms with van der Waals surface area (Å²) in [6, 6.07) is -2.89. The van der Waals surface area contributed by atoms with Crippen LogP contribution < -0.4 is 75.1 Å². The van der Waals surface area contributed by atoms with E-state index in [0.717, 1.165) is 24.5 Å². The molecule has 3 aliphatic heterocycles. The first-order valence-electron chi connectivity index (χ1n) is 44.1. The molecule has 45 heteroatoms. The number of aromatic nitrogens is 2. The summed E-state index contributed by atoms with van der Waals surface area (Å²) in [5.41, 5.74) is 20.4. The number of aliphatic hydroxyl groups is 1. The van der Waals surface area contributed by atoms with Crippen molar-refractivity contribution in [3.05, 3.63) is 102 Å². The zero-order valence-corrected chi connectivity index (χ0v) is 76.1. The van der Waals surface area contributed by atoms with Crippen LogP contribution in [0.2, 0.25) is 0 Å². The number of para-hydroxylation sites is 2. The number of rotatable bonds is 27. The van der Waals surface area contributed by atoms with E-state index in [1.807, 2.05) is 6.92 Å². The number of nitrogens with one attached hydrogen (secondary N) is 12. The van der Waals surface area contributed by atoms with Gasteiger partial charge >= 0.3 is 17.9 Å². The summed E-state index contributed by atoms with van der Waals surface area (Å²) in [6.45, 7) is 2.26. The summed E-state index contributed by atoms with van der Waals surface area (Å²) >= 11 is 0.706. The molecular formula is C88H122N20O24S. The van der Waals surface area contributed by atoms with Crippen LogP contribution >= 0.6 is 11.8 Å². The molecular weight excluding hydrogens is 1750 g/mol. The second kappa shape index (κ2) is 50.4. The van der Waals surface area contributed by atoms with Gasteiger partial charge in [-0.25, -0.2) is 0 Å². The summed E-state index contributed by atoms with van der Waals surface area (Å²) in [4.78, 5) is 284. The quantitative estimate of drug-likeness (QED) is 0.0245. The van der Waals surface area contributed by atoms with Crippen molar-refractivity contribution in [2.24, 2.45) is 17.2 Å². The first kappa shape index (κ1) is 105. The van der Waals surface area contributed by atoms with Crippen molar-refractivity contribution >= 4 is 146 Å². The molecule has 3 saturated heterocycles. The van der Waals surface area contributed by atoms with Crippen LogP contribution in [0.3, 0.4) is 0 Å². The monoisotopic (exact) mass is 1870 g/mol. The number of hydrogen-bond acceptors (Lipinski definition) is 24. The smallest absolute Gasteiger partial charge is 0.305 e. The third kappa shape index (κ3) is 29.3. The minimum absolute atomic E-state index is 0.0398. The number of aromatic amines is 2. The van der Waals surface area contributed by atoms with Crippen molar-refractivity contribution < 1.29 is 116 Å². The van der Waals surface area contributed by atoms with E-state index in [0.29, 0.717) is 75.3 Å². The molecule has 16 amide bonds. The highest BCUT2D eigenvalue weighted by atomic mass is 32.2. The number of carboxylic acid groups (broad SMARTS) is 3. The largest absolute Gasteiger partial charge is 0.497 e. The van der Waals surface area contributed by atoms with Gasteiger partial charge in [0.15, 0.2) is 0 Å². The maximum absolute atomic E-state index is 15.8. The highest BCUT2D eigenvalue weighted by Gasteiger charge is 2.47. The number of unbranched alkanes of at least 4 members (excludes halogenated alkanes) is 2. The van der Waals surface area contributed by atoms with Crippen molar-refractivity contribution in [3.63, 3.8) is 0 Å². The Labute approximate surface area is 770 Å². The fraction of sp³-hybridized carbons (Fsp3) is 0.534. The molecule has 2 aromatic heterocycles. The molecule has 0 spiro atoms. The van der Waals surface area contributed by atoms with E-state index >= 15 is 33.6 Å². The molecule has 0 radical (unpaired) electrons. The van der Waals surface area contributed by atoms with Crippen molar-refractivity contribution in [3.8, 4) is 5.75 Å². The van der Waals surface area contributed by atoms with Gasteiger partial charge in [-0.1, -0.05) is 88.1 Å². The molecule has 3 aliphatic rings. The molecule has 3 aromatic carbocycles. The molecule has 5 heterocycles. The third-order valence-corrected chi connectivity index (χ3v) is 24.7. The number of benzene rings is 3. The summed E-state index contributed by atoms with van der Waals surface area (Å²) in [7, 11) is 5.19. The van der Waals surface area contributed by atoms with Gasteiger partial charge < -0.3 is 130 Å². The maximum Gasteiger partial charge on any atom is 0.305 e. The van der Waals surface area contributed by atoms with E-state index in [4.69, 9.17) is 21.9 Å². The highest BCUT2D eigenvalue weighted by Crippen LogP contribution is 2.28. The second-order valence-electron chi connectivity index (χ2n) is 33.2. The Kier molecular flexibility index (Phi) is 39.8. The molecule has 0 aliphatic carbocycles. The molecule has 5 aromatic rings. The Balaban J connectivity index is 1.20. The fourth-order valence-electron chi connectivity index (χ4n) is 16.1. The van der Waals surface area contributed by atoms with Gasteiger partial charge in [0.2, 0.25) is 94.5 Å². The van der Waals surface area contributed by atoms with Gasteiger partial charge in [-0.2, -0.15) is 0 Å². The fourth-order valence-corrected chi connectivity index (χ4v) is 17.0. The number of amides is 16. The lowest BCUT2D eigenvalue weighted by molar-refractivity contribution is -0.149. The number of fused-ring (bicyclic) bond motifs is 4. The number of carboxylic acids is 3. The number of H-pyrrole nitrogens is 2. The van der Waals surface area contributed by atoms with E-state index in [-0.39, 0.29) is 70.9 Å². The summed E-state index contributed by atoms with van der Waals surface area (Å²) in [5, 5.41) is 68.2. The van der Waals surface area contributed by atoms with Crippen LogP contribution in [0.4, 0.5) is 0 Å². The lowest BCUT2D eigenvalue weighted by atomic mass is 9.99. The Morgan fingerprint density at radius 1 is 0.511 bits per heavy atom. The van der Waals surface area contributed by atoms with E-state index in [9.17, 15) is 78.0 Å². The van der Waals surface area contributed by atoms with Gasteiger partial charge in [0.1, 0.15) is 90.3 Å². The molecule has 22 N–H and O–H groups in total. The average molecular weight is 1880 g/mol. The van der Waals surface area contributed by atoms with E-state index in [1.54, 1.807) is 92.1 Å². The lowest BCUT2D eigenvalue weighted by Gasteiger charge is -2.36. The highest BCUT2D eigenvalue weighted by molar-refractivity contribution is 8.00. The number of nitrogens with zero attached hydrogens (tertiary/aromatic N) is 5. The zero-order valence-electron chi connectivity index (χ0n) is 75.3. The number of thioether (sulfide) groups is 1. The Morgan fingerprint density at radius 3 is 1.59 bits per heavy atom. The van der Waals surface area contributed by atoms with Crippen LogP contribution in [0.5, 0.6) is 5.75 Å². The molecule has 0 unspecified atom stereocenters. The molecule has 0 bridgehead atoms. The van der Waals surface area contributed by atoms with Crippen LogP contribution in [0.15, 0.2) is 85.2 Å². The Morgan fingerprint density at radius 2 is 1.01 bits per heavy atom. The van der Waals surface area contributed by atoms with E-state index in [1.165, 1.54) is 35.2 Å². The van der Waals surface area contributed by atoms with Gasteiger partial charge in [-0.15, -0.1) is 11.8 Å². The summed E-state index contributed by atoms with van der Waals surface area (Å²) in [5.74, 6) is -21.5. The maximum atomic E-state index is 15.8. The van der Waals surface area contributed by atoms with Crippen molar-refractivity contribution in [1.29, 1.82) is 0 Å². The summed E-state index contributed by atoms with van der Waals surface area (Å²) < 4.78 is 5.31. The molecule has 133 heavy (non-hydrogen) atoms. The zero-order chi connectivity index (χ0) is 97.6.